The molecule has 6 nitrogen and oxygen atoms in total. The van der Waals surface area contributed by atoms with E-state index in [0.29, 0.717) is 0 Å². The molecule has 2 rings (SSSR count). The van der Waals surface area contributed by atoms with Crippen LogP contribution >= 0.6 is 0 Å². The molecule has 1 N–H and O–H groups in total. The minimum atomic E-state index is -0.656. The van der Waals surface area contributed by atoms with Crippen molar-refractivity contribution in [2.24, 2.45) is 0 Å². The molecule has 0 amide bonds. The van der Waals surface area contributed by atoms with Crippen LogP contribution < -0.4 is 4.74 Å². The predicted octanol–water partition coefficient (Wildman–Crippen LogP) is 1.98. The summed E-state index contributed by atoms with van der Waals surface area (Å²) < 4.78 is 10.2. The van der Waals surface area contributed by atoms with Crippen LogP contribution in [-0.4, -0.2) is 29.1 Å². The summed E-state index contributed by atoms with van der Waals surface area (Å²) in [6, 6.07) is 9.40. The molecule has 0 saturated carbocycles. The van der Waals surface area contributed by atoms with Gasteiger partial charge in [0.1, 0.15) is 12.3 Å². The van der Waals surface area contributed by atoms with Gasteiger partial charge in [0.25, 0.3) is 0 Å². The van der Waals surface area contributed by atoms with E-state index in [4.69, 9.17) is 4.74 Å². The Labute approximate surface area is 115 Å². The fourth-order valence-corrected chi connectivity index (χ4v) is 1.68. The van der Waals surface area contributed by atoms with Crippen LogP contribution in [0, 0.1) is 0 Å². The quantitative estimate of drug-likeness (QED) is 0.666. The molecule has 0 radical (unpaired) electrons. The SMILES string of the molecule is COC(=O)c1n[nH]c(C(C)=O)c1OCc1ccccc1. The van der Waals surface area contributed by atoms with Crippen molar-refractivity contribution in [1.29, 1.82) is 0 Å². The van der Waals surface area contributed by atoms with E-state index in [1.807, 2.05) is 30.3 Å². The molecule has 1 aromatic heterocycles. The van der Waals surface area contributed by atoms with Crippen molar-refractivity contribution in [3.63, 3.8) is 0 Å². The lowest BCUT2D eigenvalue weighted by Crippen LogP contribution is -2.07. The average molecular weight is 274 g/mol. The Morgan fingerprint density at radius 2 is 1.95 bits per heavy atom. The zero-order chi connectivity index (χ0) is 14.5. The number of H-pyrrole nitrogens is 1. The van der Waals surface area contributed by atoms with Gasteiger partial charge in [0.2, 0.25) is 5.69 Å². The number of benzene rings is 1. The monoisotopic (exact) mass is 274 g/mol. The van der Waals surface area contributed by atoms with Crippen LogP contribution in [0.25, 0.3) is 0 Å². The molecule has 0 atom stereocenters. The van der Waals surface area contributed by atoms with Crippen molar-refractivity contribution in [3.05, 3.63) is 47.3 Å². The summed E-state index contributed by atoms with van der Waals surface area (Å²) >= 11 is 0. The van der Waals surface area contributed by atoms with Gasteiger partial charge in [-0.25, -0.2) is 4.79 Å². The Morgan fingerprint density at radius 1 is 1.25 bits per heavy atom. The van der Waals surface area contributed by atoms with Crippen molar-refractivity contribution in [1.82, 2.24) is 10.2 Å². The maximum atomic E-state index is 11.6. The number of hydrogen-bond donors (Lipinski definition) is 1. The molecular weight excluding hydrogens is 260 g/mol. The zero-order valence-corrected chi connectivity index (χ0v) is 11.2. The van der Waals surface area contributed by atoms with E-state index >= 15 is 0 Å². The first-order valence-corrected chi connectivity index (χ1v) is 5.97. The van der Waals surface area contributed by atoms with Gasteiger partial charge in [-0.15, -0.1) is 0 Å². The fraction of sp³-hybridized carbons (Fsp3) is 0.214. The summed E-state index contributed by atoms with van der Waals surface area (Å²) in [7, 11) is 1.24. The highest BCUT2D eigenvalue weighted by molar-refractivity contribution is 6.00. The van der Waals surface area contributed by atoms with Gasteiger partial charge in [0.05, 0.1) is 7.11 Å². The molecule has 0 unspecified atom stereocenters. The first kappa shape index (κ1) is 13.8. The van der Waals surface area contributed by atoms with E-state index in [0.717, 1.165) is 5.56 Å². The molecule has 0 bridgehead atoms. The number of nitrogens with zero attached hydrogens (tertiary/aromatic N) is 1. The summed E-state index contributed by atoms with van der Waals surface area (Å²) in [6.07, 6.45) is 0. The molecule has 1 aromatic carbocycles. The molecule has 0 aliphatic rings. The Kier molecular flexibility index (Phi) is 4.14. The van der Waals surface area contributed by atoms with Gasteiger partial charge in [0, 0.05) is 6.92 Å². The maximum absolute atomic E-state index is 11.6. The van der Waals surface area contributed by atoms with Crippen LogP contribution in [0.3, 0.4) is 0 Å². The van der Waals surface area contributed by atoms with Crippen LogP contribution in [0.15, 0.2) is 30.3 Å². The number of aromatic nitrogens is 2. The van der Waals surface area contributed by atoms with Crippen molar-refractivity contribution in [3.8, 4) is 5.75 Å². The number of hydrogen-bond acceptors (Lipinski definition) is 5. The number of carbonyl (C=O) groups is 2. The topological polar surface area (TPSA) is 81.3 Å². The highest BCUT2D eigenvalue weighted by Crippen LogP contribution is 2.23. The van der Waals surface area contributed by atoms with E-state index in [1.165, 1.54) is 14.0 Å². The Bertz CT molecular complexity index is 619. The first-order chi connectivity index (χ1) is 9.63. The molecule has 20 heavy (non-hydrogen) atoms. The van der Waals surface area contributed by atoms with Gasteiger partial charge in [-0.3, -0.25) is 9.89 Å². The van der Waals surface area contributed by atoms with Crippen LogP contribution in [-0.2, 0) is 11.3 Å². The molecule has 0 spiro atoms. The van der Waals surface area contributed by atoms with E-state index in [-0.39, 0.29) is 29.5 Å². The Balaban J connectivity index is 2.26. The van der Waals surface area contributed by atoms with Crippen molar-refractivity contribution in [2.75, 3.05) is 7.11 Å². The minimum Gasteiger partial charge on any atom is -0.484 e. The molecule has 0 fully saturated rings. The lowest BCUT2D eigenvalue weighted by atomic mass is 10.2. The van der Waals surface area contributed by atoms with Gasteiger partial charge >= 0.3 is 5.97 Å². The molecule has 0 saturated heterocycles. The second-order valence-electron chi connectivity index (χ2n) is 4.10. The number of nitrogens with one attached hydrogen (secondary N) is 1. The third kappa shape index (κ3) is 2.85. The normalized spacial score (nSPS) is 10.1. The van der Waals surface area contributed by atoms with Gasteiger partial charge in [-0.2, -0.15) is 5.10 Å². The number of esters is 1. The first-order valence-electron chi connectivity index (χ1n) is 5.97. The minimum absolute atomic E-state index is 0.0337. The van der Waals surface area contributed by atoms with Gasteiger partial charge in [-0.1, -0.05) is 30.3 Å². The third-order valence-electron chi connectivity index (χ3n) is 2.68. The van der Waals surface area contributed by atoms with E-state index < -0.39 is 5.97 Å². The van der Waals surface area contributed by atoms with Gasteiger partial charge in [-0.05, 0) is 5.56 Å². The molecule has 6 heteroatoms. The van der Waals surface area contributed by atoms with E-state index in [1.54, 1.807) is 0 Å². The van der Waals surface area contributed by atoms with Crippen molar-refractivity contribution < 1.29 is 19.1 Å². The average Bonchev–Trinajstić information content (AvgIpc) is 2.89. The number of ketones is 1. The smallest absolute Gasteiger partial charge is 0.362 e. The van der Waals surface area contributed by atoms with Crippen LogP contribution in [0.2, 0.25) is 0 Å². The molecular formula is C14H14N2O4. The van der Waals surface area contributed by atoms with E-state index in [9.17, 15) is 9.59 Å². The molecule has 1 heterocycles. The summed E-state index contributed by atoms with van der Waals surface area (Å²) in [5, 5.41) is 6.27. The second kappa shape index (κ2) is 6.01. The lowest BCUT2D eigenvalue weighted by Gasteiger charge is -2.07. The number of ether oxygens (including phenoxy) is 2. The summed E-state index contributed by atoms with van der Waals surface area (Å²) in [4.78, 5) is 23.1. The molecule has 0 aliphatic carbocycles. The fourth-order valence-electron chi connectivity index (χ4n) is 1.68. The summed E-state index contributed by atoms with van der Waals surface area (Å²) in [5.74, 6) is -0.805. The lowest BCUT2D eigenvalue weighted by molar-refractivity contribution is 0.0589. The molecule has 104 valence electrons. The van der Waals surface area contributed by atoms with Gasteiger partial charge in [0.15, 0.2) is 11.5 Å². The highest BCUT2D eigenvalue weighted by Gasteiger charge is 2.24. The van der Waals surface area contributed by atoms with E-state index in [2.05, 4.69) is 14.9 Å². The molecule has 2 aromatic rings. The predicted molar refractivity (Wildman–Crippen MR) is 70.7 cm³/mol. The number of Topliss-reactive ketones (excluding diaryl/α,β-unsaturated/α-hetero) is 1. The maximum Gasteiger partial charge on any atom is 0.362 e. The van der Waals surface area contributed by atoms with Crippen LogP contribution in [0.5, 0.6) is 5.75 Å². The number of rotatable bonds is 5. The third-order valence-corrected chi connectivity index (χ3v) is 2.68. The van der Waals surface area contributed by atoms with Crippen molar-refractivity contribution >= 4 is 11.8 Å². The van der Waals surface area contributed by atoms with Crippen molar-refractivity contribution in [2.45, 2.75) is 13.5 Å². The number of methoxy groups -OCH3 is 1. The second-order valence-corrected chi connectivity index (χ2v) is 4.10. The van der Waals surface area contributed by atoms with Gasteiger partial charge < -0.3 is 9.47 Å². The summed E-state index contributed by atoms with van der Waals surface area (Å²) in [6.45, 7) is 1.59. The number of aromatic amines is 1. The molecule has 0 aliphatic heterocycles. The highest BCUT2D eigenvalue weighted by atomic mass is 16.5. The van der Waals surface area contributed by atoms with Crippen LogP contribution in [0.4, 0.5) is 0 Å². The standard InChI is InChI=1S/C14H14N2O4/c1-9(17)11-13(12(16-15-11)14(18)19-2)20-8-10-6-4-3-5-7-10/h3-7H,8H2,1-2H3,(H,15,16). The Hall–Kier alpha value is -2.63. The largest absolute Gasteiger partial charge is 0.484 e. The summed E-state index contributed by atoms with van der Waals surface area (Å²) in [5.41, 5.74) is 1.04. The number of carbonyl (C=O) groups excluding carboxylic acids is 2. The zero-order valence-electron chi connectivity index (χ0n) is 11.2. The van der Waals surface area contributed by atoms with Crippen LogP contribution in [0.1, 0.15) is 33.5 Å². The Morgan fingerprint density at radius 3 is 2.55 bits per heavy atom.